The van der Waals surface area contributed by atoms with Crippen molar-refractivity contribution in [1.82, 2.24) is 4.57 Å². The summed E-state index contributed by atoms with van der Waals surface area (Å²) in [5, 5.41) is 2.96. The first-order valence-corrected chi connectivity index (χ1v) is 8.57. The Morgan fingerprint density at radius 2 is 1.88 bits per heavy atom. The minimum atomic E-state index is -0.0566. The van der Waals surface area contributed by atoms with E-state index in [1.165, 1.54) is 5.56 Å². The summed E-state index contributed by atoms with van der Waals surface area (Å²) in [6.45, 7) is 2.28. The normalized spacial score (nSPS) is 13.4. The zero-order chi connectivity index (χ0) is 17.9. The Labute approximate surface area is 152 Å². The topological polar surface area (TPSA) is 52.5 Å². The van der Waals surface area contributed by atoms with Gasteiger partial charge in [-0.15, -0.1) is 0 Å². The molecule has 0 saturated heterocycles. The highest BCUT2D eigenvalue weighted by Gasteiger charge is 2.19. The van der Waals surface area contributed by atoms with Crippen LogP contribution >= 0.6 is 0 Å². The molecule has 3 aromatic rings. The minimum Gasteiger partial charge on any atom is -0.454 e. The number of aromatic nitrogens is 1. The Bertz CT molecular complexity index is 919. The van der Waals surface area contributed by atoms with Crippen LogP contribution in [-0.2, 0) is 4.79 Å². The quantitative estimate of drug-likeness (QED) is 0.754. The summed E-state index contributed by atoms with van der Waals surface area (Å²) in [6.07, 6.45) is 4.31. The number of hydrogen-bond acceptors (Lipinski definition) is 3. The molecule has 0 fully saturated rings. The fraction of sp³-hybridized carbons (Fsp3) is 0.190. The van der Waals surface area contributed by atoms with Crippen molar-refractivity contribution < 1.29 is 14.3 Å². The molecular formula is C21H20N2O3. The van der Waals surface area contributed by atoms with Crippen molar-refractivity contribution in [1.29, 1.82) is 0 Å². The summed E-state index contributed by atoms with van der Waals surface area (Å²) in [5.41, 5.74) is 2.99. The van der Waals surface area contributed by atoms with E-state index >= 15 is 0 Å². The van der Waals surface area contributed by atoms with Crippen molar-refractivity contribution in [2.24, 2.45) is 0 Å². The Morgan fingerprint density at radius 1 is 1.08 bits per heavy atom. The van der Waals surface area contributed by atoms with E-state index in [1.807, 2.05) is 42.7 Å². The minimum absolute atomic E-state index is 0.0518. The van der Waals surface area contributed by atoms with Gasteiger partial charge in [-0.1, -0.05) is 29.8 Å². The van der Waals surface area contributed by atoms with E-state index < -0.39 is 0 Å². The van der Waals surface area contributed by atoms with Crippen LogP contribution in [0.25, 0.3) is 0 Å². The zero-order valence-electron chi connectivity index (χ0n) is 14.5. The Morgan fingerprint density at radius 3 is 2.69 bits per heavy atom. The van der Waals surface area contributed by atoms with E-state index in [1.54, 1.807) is 6.07 Å². The molecule has 0 aliphatic carbocycles. The number of fused-ring (bicyclic) bond motifs is 1. The van der Waals surface area contributed by atoms with Crippen LogP contribution in [0.5, 0.6) is 11.5 Å². The van der Waals surface area contributed by atoms with Crippen LogP contribution < -0.4 is 14.8 Å². The predicted molar refractivity (Wildman–Crippen MR) is 99.6 cm³/mol. The Balaban J connectivity index is 1.53. The van der Waals surface area contributed by atoms with Crippen LogP contribution in [0.2, 0.25) is 0 Å². The first kappa shape index (κ1) is 16.3. The SMILES string of the molecule is Cc1cccc([C@@H](CC(=O)Nc2ccc3c(c2)OCO3)n2cccc2)c1. The van der Waals surface area contributed by atoms with E-state index in [4.69, 9.17) is 9.47 Å². The fourth-order valence-corrected chi connectivity index (χ4v) is 3.19. The third-order valence-corrected chi connectivity index (χ3v) is 4.45. The highest BCUT2D eigenvalue weighted by atomic mass is 16.7. The monoisotopic (exact) mass is 348 g/mol. The average Bonchev–Trinajstić information content (AvgIpc) is 3.31. The number of amides is 1. The number of aryl methyl sites for hydroxylation is 1. The lowest BCUT2D eigenvalue weighted by molar-refractivity contribution is -0.116. The van der Waals surface area contributed by atoms with Crippen LogP contribution in [0, 0.1) is 6.92 Å². The number of carbonyl (C=O) groups is 1. The highest BCUT2D eigenvalue weighted by Crippen LogP contribution is 2.34. The van der Waals surface area contributed by atoms with Crippen molar-refractivity contribution >= 4 is 11.6 Å². The van der Waals surface area contributed by atoms with Crippen molar-refractivity contribution in [3.63, 3.8) is 0 Å². The maximum atomic E-state index is 12.7. The van der Waals surface area contributed by atoms with E-state index in [2.05, 4.69) is 35.0 Å². The molecule has 2 aromatic carbocycles. The van der Waals surface area contributed by atoms with Crippen molar-refractivity contribution in [3.8, 4) is 11.5 Å². The summed E-state index contributed by atoms with van der Waals surface area (Å²) in [6, 6.07) is 17.6. The largest absolute Gasteiger partial charge is 0.454 e. The number of benzene rings is 2. The second kappa shape index (κ2) is 6.96. The number of rotatable bonds is 5. The van der Waals surface area contributed by atoms with Gasteiger partial charge < -0.3 is 19.4 Å². The molecule has 1 aliphatic rings. The Hall–Kier alpha value is -3.21. The van der Waals surface area contributed by atoms with Gasteiger partial charge in [0.15, 0.2) is 11.5 Å². The third-order valence-electron chi connectivity index (χ3n) is 4.45. The molecule has 0 unspecified atom stereocenters. The van der Waals surface area contributed by atoms with Gasteiger partial charge in [0.25, 0.3) is 0 Å². The average molecular weight is 348 g/mol. The van der Waals surface area contributed by atoms with Crippen LogP contribution in [0.1, 0.15) is 23.6 Å². The van der Waals surface area contributed by atoms with Crippen LogP contribution in [-0.4, -0.2) is 17.3 Å². The molecule has 1 aromatic heterocycles. The summed E-state index contributed by atoms with van der Waals surface area (Å²) in [7, 11) is 0. The fourth-order valence-electron chi connectivity index (χ4n) is 3.19. The summed E-state index contributed by atoms with van der Waals surface area (Å²) in [5.74, 6) is 1.31. The molecule has 0 radical (unpaired) electrons. The zero-order valence-corrected chi connectivity index (χ0v) is 14.5. The maximum Gasteiger partial charge on any atom is 0.231 e. The highest BCUT2D eigenvalue weighted by molar-refractivity contribution is 5.91. The van der Waals surface area contributed by atoms with Gasteiger partial charge in [-0.3, -0.25) is 4.79 Å². The number of ether oxygens (including phenoxy) is 2. The van der Waals surface area contributed by atoms with E-state index in [0.717, 1.165) is 5.56 Å². The second-order valence-electron chi connectivity index (χ2n) is 6.38. The van der Waals surface area contributed by atoms with Gasteiger partial charge in [0, 0.05) is 24.1 Å². The standard InChI is InChI=1S/C21H20N2O3/c1-15-5-4-6-16(11-15)18(23-9-2-3-10-23)13-21(24)22-17-7-8-19-20(12-17)26-14-25-19/h2-12,18H,13-14H2,1H3,(H,22,24)/t18-/m1/s1. The van der Waals surface area contributed by atoms with Crippen LogP contribution in [0.4, 0.5) is 5.69 Å². The van der Waals surface area contributed by atoms with Gasteiger partial charge in [-0.25, -0.2) is 0 Å². The molecule has 132 valence electrons. The number of anilines is 1. The molecule has 0 bridgehead atoms. The predicted octanol–water partition coefficient (Wildman–Crippen LogP) is 4.14. The molecule has 4 rings (SSSR count). The van der Waals surface area contributed by atoms with E-state index in [-0.39, 0.29) is 18.7 Å². The van der Waals surface area contributed by atoms with Gasteiger partial charge >= 0.3 is 0 Å². The molecule has 1 amide bonds. The molecule has 5 nitrogen and oxygen atoms in total. The second-order valence-corrected chi connectivity index (χ2v) is 6.38. The molecule has 1 aliphatic heterocycles. The van der Waals surface area contributed by atoms with Gasteiger partial charge in [-0.05, 0) is 36.8 Å². The summed E-state index contributed by atoms with van der Waals surface area (Å²) >= 11 is 0. The van der Waals surface area contributed by atoms with Crippen molar-refractivity contribution in [2.45, 2.75) is 19.4 Å². The van der Waals surface area contributed by atoms with E-state index in [9.17, 15) is 4.79 Å². The number of nitrogens with zero attached hydrogens (tertiary/aromatic N) is 1. The summed E-state index contributed by atoms with van der Waals surface area (Å²) in [4.78, 5) is 12.7. The first-order chi connectivity index (χ1) is 12.7. The molecule has 1 atom stereocenters. The maximum absolute atomic E-state index is 12.7. The lowest BCUT2D eigenvalue weighted by Gasteiger charge is -2.20. The molecule has 2 heterocycles. The van der Waals surface area contributed by atoms with Gasteiger partial charge in [0.1, 0.15) is 0 Å². The Kier molecular flexibility index (Phi) is 4.35. The summed E-state index contributed by atoms with van der Waals surface area (Å²) < 4.78 is 12.7. The molecule has 0 saturated carbocycles. The van der Waals surface area contributed by atoms with Crippen LogP contribution in [0.15, 0.2) is 67.0 Å². The molecule has 26 heavy (non-hydrogen) atoms. The van der Waals surface area contributed by atoms with Crippen molar-refractivity contribution in [2.75, 3.05) is 12.1 Å². The lowest BCUT2D eigenvalue weighted by Crippen LogP contribution is -2.19. The van der Waals surface area contributed by atoms with Gasteiger partial charge in [0.2, 0.25) is 12.7 Å². The number of carbonyl (C=O) groups excluding carboxylic acids is 1. The lowest BCUT2D eigenvalue weighted by atomic mass is 10.0. The van der Waals surface area contributed by atoms with Crippen molar-refractivity contribution in [3.05, 3.63) is 78.1 Å². The first-order valence-electron chi connectivity index (χ1n) is 8.57. The number of nitrogens with one attached hydrogen (secondary N) is 1. The number of hydrogen-bond donors (Lipinski definition) is 1. The molecule has 5 heteroatoms. The van der Waals surface area contributed by atoms with Gasteiger partial charge in [-0.2, -0.15) is 0 Å². The molecular weight excluding hydrogens is 328 g/mol. The third kappa shape index (κ3) is 3.42. The molecule has 0 spiro atoms. The van der Waals surface area contributed by atoms with Crippen LogP contribution in [0.3, 0.4) is 0 Å². The van der Waals surface area contributed by atoms with E-state index in [0.29, 0.717) is 23.6 Å². The smallest absolute Gasteiger partial charge is 0.231 e. The molecule has 1 N–H and O–H groups in total. The van der Waals surface area contributed by atoms with Gasteiger partial charge in [0.05, 0.1) is 12.5 Å².